The molecule has 0 spiro atoms. The molecule has 4 heteroatoms. The number of nitrogens with one attached hydrogen (secondary N) is 1. The number of rotatable bonds is 4. The van der Waals surface area contributed by atoms with E-state index < -0.39 is 0 Å². The minimum atomic E-state index is -0.0870. The van der Waals surface area contributed by atoms with Crippen LogP contribution in [0.5, 0.6) is 0 Å². The summed E-state index contributed by atoms with van der Waals surface area (Å²) < 4.78 is 0. The maximum absolute atomic E-state index is 11.8. The third-order valence-corrected chi connectivity index (χ3v) is 3.77. The van der Waals surface area contributed by atoms with Crippen molar-refractivity contribution in [3.8, 4) is 0 Å². The van der Waals surface area contributed by atoms with E-state index in [1.165, 1.54) is 22.5 Å². The summed E-state index contributed by atoms with van der Waals surface area (Å²) in [5.41, 5.74) is 8.76. The predicted octanol–water partition coefficient (Wildman–Crippen LogP) is 2.61. The lowest BCUT2D eigenvalue weighted by molar-refractivity contribution is 0.0959. The van der Waals surface area contributed by atoms with E-state index in [-0.39, 0.29) is 5.91 Å². The molecule has 1 heterocycles. The number of hydrogen-bond acceptors (Lipinski definition) is 3. The summed E-state index contributed by atoms with van der Waals surface area (Å²) in [6.07, 6.45) is 0.837. The summed E-state index contributed by atoms with van der Waals surface area (Å²) in [7, 11) is 0. The van der Waals surface area contributed by atoms with Gasteiger partial charge >= 0.3 is 0 Å². The van der Waals surface area contributed by atoms with E-state index in [0.717, 1.165) is 6.42 Å². The lowest BCUT2D eigenvalue weighted by Crippen LogP contribution is -2.25. The summed E-state index contributed by atoms with van der Waals surface area (Å²) >= 11 is 1.37. The van der Waals surface area contributed by atoms with Gasteiger partial charge in [0.1, 0.15) is 4.88 Å². The van der Waals surface area contributed by atoms with Crippen molar-refractivity contribution in [1.29, 1.82) is 0 Å². The van der Waals surface area contributed by atoms with E-state index in [9.17, 15) is 4.79 Å². The first-order chi connectivity index (χ1) is 8.68. The summed E-state index contributed by atoms with van der Waals surface area (Å²) in [5, 5.41) is 4.72. The highest BCUT2D eigenvalue weighted by molar-refractivity contribution is 7.12. The van der Waals surface area contributed by atoms with Gasteiger partial charge < -0.3 is 11.1 Å². The molecule has 1 amide bonds. The average molecular weight is 260 g/mol. The summed E-state index contributed by atoms with van der Waals surface area (Å²) in [5.74, 6) is -0.0870. The number of benzene rings is 1. The number of hydrogen-bond donors (Lipinski definition) is 2. The van der Waals surface area contributed by atoms with Crippen LogP contribution in [0, 0.1) is 6.92 Å². The zero-order chi connectivity index (χ0) is 13.0. The van der Waals surface area contributed by atoms with Crippen LogP contribution in [-0.4, -0.2) is 12.5 Å². The van der Waals surface area contributed by atoms with Crippen molar-refractivity contribution < 1.29 is 4.79 Å². The van der Waals surface area contributed by atoms with Gasteiger partial charge in [0.2, 0.25) is 0 Å². The Hall–Kier alpha value is -1.81. The summed E-state index contributed by atoms with van der Waals surface area (Å²) in [4.78, 5) is 12.4. The molecule has 0 radical (unpaired) electrons. The van der Waals surface area contributed by atoms with Gasteiger partial charge in [-0.15, -0.1) is 11.3 Å². The number of aryl methyl sites for hydroxylation is 1. The van der Waals surface area contributed by atoms with Gasteiger partial charge in [0, 0.05) is 6.54 Å². The highest BCUT2D eigenvalue weighted by atomic mass is 32.1. The van der Waals surface area contributed by atoms with Crippen LogP contribution in [0.3, 0.4) is 0 Å². The highest BCUT2D eigenvalue weighted by Gasteiger charge is 2.10. The molecule has 0 bridgehead atoms. The van der Waals surface area contributed by atoms with E-state index in [1.807, 2.05) is 17.5 Å². The van der Waals surface area contributed by atoms with Crippen LogP contribution in [-0.2, 0) is 6.42 Å². The van der Waals surface area contributed by atoms with Gasteiger partial charge in [-0.05, 0) is 35.9 Å². The molecule has 0 fully saturated rings. The quantitative estimate of drug-likeness (QED) is 0.888. The van der Waals surface area contributed by atoms with E-state index >= 15 is 0 Å². The van der Waals surface area contributed by atoms with Gasteiger partial charge in [0.05, 0.1) is 5.69 Å². The second-order valence-electron chi connectivity index (χ2n) is 4.14. The number of nitrogen functional groups attached to an aromatic ring is 1. The molecule has 0 aliphatic rings. The van der Waals surface area contributed by atoms with Crippen molar-refractivity contribution in [2.75, 3.05) is 12.3 Å². The second kappa shape index (κ2) is 5.69. The molecule has 3 nitrogen and oxygen atoms in total. The van der Waals surface area contributed by atoms with Crippen LogP contribution >= 0.6 is 11.3 Å². The molecule has 2 aromatic rings. The van der Waals surface area contributed by atoms with Gasteiger partial charge in [-0.3, -0.25) is 4.79 Å². The minimum absolute atomic E-state index is 0.0870. The molecule has 1 aromatic carbocycles. The molecule has 0 aliphatic carbocycles. The Morgan fingerprint density at radius 2 is 2.11 bits per heavy atom. The molecule has 0 unspecified atom stereocenters. The number of nitrogens with two attached hydrogens (primary N) is 1. The largest absolute Gasteiger partial charge is 0.397 e. The lowest BCUT2D eigenvalue weighted by atomic mass is 10.1. The van der Waals surface area contributed by atoms with E-state index in [4.69, 9.17) is 5.73 Å². The maximum Gasteiger partial charge on any atom is 0.263 e. The van der Waals surface area contributed by atoms with Gasteiger partial charge in [0.25, 0.3) is 5.91 Å². The van der Waals surface area contributed by atoms with E-state index in [2.05, 4.69) is 24.4 Å². The highest BCUT2D eigenvalue weighted by Crippen LogP contribution is 2.18. The summed E-state index contributed by atoms with van der Waals surface area (Å²) in [6, 6.07) is 9.95. The van der Waals surface area contributed by atoms with Crippen molar-refractivity contribution in [3.05, 3.63) is 51.7 Å². The third-order valence-electron chi connectivity index (χ3n) is 2.84. The average Bonchev–Trinajstić information content (AvgIpc) is 2.78. The van der Waals surface area contributed by atoms with Gasteiger partial charge in [-0.1, -0.05) is 24.3 Å². The first-order valence-electron chi connectivity index (χ1n) is 5.84. The van der Waals surface area contributed by atoms with Crippen molar-refractivity contribution in [2.24, 2.45) is 0 Å². The zero-order valence-electron chi connectivity index (χ0n) is 10.3. The molecule has 0 saturated heterocycles. The molecule has 0 atom stereocenters. The van der Waals surface area contributed by atoms with Crippen LogP contribution in [0.4, 0.5) is 5.69 Å². The van der Waals surface area contributed by atoms with E-state index in [1.54, 1.807) is 6.07 Å². The van der Waals surface area contributed by atoms with Crippen molar-refractivity contribution >= 4 is 22.9 Å². The zero-order valence-corrected chi connectivity index (χ0v) is 11.1. The molecule has 94 valence electrons. The lowest BCUT2D eigenvalue weighted by Gasteiger charge is -2.07. The third kappa shape index (κ3) is 2.90. The Morgan fingerprint density at radius 1 is 1.33 bits per heavy atom. The molecule has 1 aromatic heterocycles. The normalized spacial score (nSPS) is 10.3. The summed E-state index contributed by atoms with van der Waals surface area (Å²) in [6.45, 7) is 2.70. The smallest absolute Gasteiger partial charge is 0.263 e. The van der Waals surface area contributed by atoms with Crippen LogP contribution in [0.15, 0.2) is 35.7 Å². The molecule has 18 heavy (non-hydrogen) atoms. The minimum Gasteiger partial charge on any atom is -0.397 e. The Morgan fingerprint density at radius 3 is 2.78 bits per heavy atom. The monoisotopic (exact) mass is 260 g/mol. The Labute approximate surface area is 111 Å². The Balaban J connectivity index is 1.88. The van der Waals surface area contributed by atoms with Gasteiger partial charge in [-0.2, -0.15) is 0 Å². The maximum atomic E-state index is 11.8. The molecule has 0 aliphatic heterocycles. The predicted molar refractivity (Wildman–Crippen MR) is 75.9 cm³/mol. The van der Waals surface area contributed by atoms with Crippen molar-refractivity contribution in [1.82, 2.24) is 5.32 Å². The van der Waals surface area contributed by atoms with Crippen LogP contribution in [0.2, 0.25) is 0 Å². The molecular weight excluding hydrogens is 244 g/mol. The van der Waals surface area contributed by atoms with Crippen LogP contribution in [0.25, 0.3) is 0 Å². The molecule has 0 saturated carbocycles. The van der Waals surface area contributed by atoms with Gasteiger partial charge in [-0.25, -0.2) is 0 Å². The fourth-order valence-electron chi connectivity index (χ4n) is 1.79. The number of thiophene rings is 1. The standard InChI is InChI=1S/C14H16N2OS/c1-10-4-2-3-5-11(10)6-8-16-14(17)13-12(15)7-9-18-13/h2-5,7,9H,6,8,15H2,1H3,(H,16,17). The number of anilines is 1. The van der Waals surface area contributed by atoms with E-state index in [0.29, 0.717) is 17.1 Å². The first-order valence-corrected chi connectivity index (χ1v) is 6.72. The second-order valence-corrected chi connectivity index (χ2v) is 5.05. The SMILES string of the molecule is Cc1ccccc1CCNC(=O)c1sccc1N. The molecule has 3 N–H and O–H groups in total. The molecular formula is C14H16N2OS. The van der Waals surface area contributed by atoms with Crippen LogP contribution in [0.1, 0.15) is 20.8 Å². The molecule has 2 rings (SSSR count). The Bertz CT molecular complexity index is 548. The first kappa shape index (κ1) is 12.6. The number of carbonyl (C=O) groups excluding carboxylic acids is 1. The number of carbonyl (C=O) groups is 1. The van der Waals surface area contributed by atoms with Gasteiger partial charge in [0.15, 0.2) is 0 Å². The topological polar surface area (TPSA) is 55.1 Å². The fourth-order valence-corrected chi connectivity index (χ4v) is 2.52. The van der Waals surface area contributed by atoms with Crippen LogP contribution < -0.4 is 11.1 Å². The Kier molecular flexibility index (Phi) is 3.99. The number of amides is 1. The fraction of sp³-hybridized carbons (Fsp3) is 0.214. The van der Waals surface area contributed by atoms with Crippen molar-refractivity contribution in [3.63, 3.8) is 0 Å². The van der Waals surface area contributed by atoms with Crippen molar-refractivity contribution in [2.45, 2.75) is 13.3 Å².